The van der Waals surface area contributed by atoms with Gasteiger partial charge in [0, 0.05) is 37.1 Å². The van der Waals surface area contributed by atoms with Gasteiger partial charge in [0.1, 0.15) is 17.3 Å². The van der Waals surface area contributed by atoms with Crippen LogP contribution in [0.5, 0.6) is 11.5 Å². The summed E-state index contributed by atoms with van der Waals surface area (Å²) in [7, 11) is 0. The van der Waals surface area contributed by atoms with Crippen molar-refractivity contribution in [1.82, 2.24) is 19.8 Å². The van der Waals surface area contributed by atoms with Crippen molar-refractivity contribution in [2.75, 3.05) is 18.4 Å². The molecule has 168 valence electrons. The molecule has 1 aliphatic carbocycles. The van der Waals surface area contributed by atoms with E-state index in [2.05, 4.69) is 21.8 Å². The normalized spacial score (nSPS) is 15.3. The highest BCUT2D eigenvalue weighted by Crippen LogP contribution is 2.33. The summed E-state index contributed by atoms with van der Waals surface area (Å²) < 4.78 is 7.75. The van der Waals surface area contributed by atoms with E-state index in [0.29, 0.717) is 28.3 Å². The van der Waals surface area contributed by atoms with Gasteiger partial charge in [0.05, 0.1) is 17.3 Å². The number of anilines is 1. The number of fused-ring (bicyclic) bond motifs is 1. The van der Waals surface area contributed by atoms with Gasteiger partial charge in [-0.3, -0.25) is 4.79 Å². The zero-order valence-electron chi connectivity index (χ0n) is 18.3. The molecule has 9 nitrogen and oxygen atoms in total. The number of benzene rings is 1. The number of carbonyl (C=O) groups is 2. The molecule has 0 unspecified atom stereocenters. The summed E-state index contributed by atoms with van der Waals surface area (Å²) in [6.45, 7) is 3.42. The number of likely N-dealkylation sites (tertiary alicyclic amines) is 1. The van der Waals surface area contributed by atoms with Crippen LogP contribution in [0.1, 0.15) is 47.2 Å². The predicted molar refractivity (Wildman–Crippen MR) is 121 cm³/mol. The lowest BCUT2D eigenvalue weighted by Crippen LogP contribution is -2.30. The number of nitrogens with one attached hydrogen (secondary N) is 2. The molecule has 0 spiro atoms. The lowest BCUT2D eigenvalue weighted by molar-refractivity contribution is 0.0792. The third kappa shape index (κ3) is 4.20. The SMILES string of the molecule is Cc1c(C(=O)N2CCCC2)cn2nccc(Oc3ccc(NC(=O)NC4CC4)cc3C#N)c12. The van der Waals surface area contributed by atoms with Gasteiger partial charge >= 0.3 is 6.03 Å². The number of nitrogens with zero attached hydrogens (tertiary/aromatic N) is 4. The number of amides is 3. The Morgan fingerprint density at radius 3 is 2.70 bits per heavy atom. The average Bonchev–Trinajstić information content (AvgIpc) is 3.31. The Morgan fingerprint density at radius 1 is 1.18 bits per heavy atom. The van der Waals surface area contributed by atoms with Crippen molar-refractivity contribution in [3.8, 4) is 17.6 Å². The van der Waals surface area contributed by atoms with Crippen LogP contribution in [0.3, 0.4) is 0 Å². The number of rotatable bonds is 5. The molecule has 0 radical (unpaired) electrons. The summed E-state index contributed by atoms with van der Waals surface area (Å²) >= 11 is 0. The van der Waals surface area contributed by atoms with Crippen molar-refractivity contribution in [1.29, 1.82) is 5.26 Å². The number of nitriles is 1. The van der Waals surface area contributed by atoms with Crippen LogP contribution >= 0.6 is 0 Å². The van der Waals surface area contributed by atoms with E-state index in [9.17, 15) is 14.9 Å². The third-order valence-electron chi connectivity index (χ3n) is 6.00. The highest BCUT2D eigenvalue weighted by molar-refractivity contribution is 5.98. The second kappa shape index (κ2) is 8.47. The van der Waals surface area contributed by atoms with Crippen molar-refractivity contribution in [2.45, 2.75) is 38.6 Å². The van der Waals surface area contributed by atoms with Crippen molar-refractivity contribution in [3.63, 3.8) is 0 Å². The minimum Gasteiger partial charge on any atom is -0.454 e. The maximum Gasteiger partial charge on any atom is 0.319 e. The molecule has 3 heterocycles. The topological polar surface area (TPSA) is 112 Å². The van der Waals surface area contributed by atoms with Gasteiger partial charge in [0.15, 0.2) is 5.75 Å². The Hall–Kier alpha value is -4.06. The molecule has 33 heavy (non-hydrogen) atoms. The second-order valence-electron chi connectivity index (χ2n) is 8.45. The molecule has 2 aromatic heterocycles. The quantitative estimate of drug-likeness (QED) is 0.621. The summed E-state index contributed by atoms with van der Waals surface area (Å²) in [5.74, 6) is 0.845. The van der Waals surface area contributed by atoms with E-state index in [4.69, 9.17) is 4.74 Å². The molecule has 2 aliphatic rings. The number of aromatic nitrogens is 2. The highest BCUT2D eigenvalue weighted by Gasteiger charge is 2.25. The molecular weight excluding hydrogens is 420 g/mol. The predicted octanol–water partition coefficient (Wildman–Crippen LogP) is 3.83. The van der Waals surface area contributed by atoms with E-state index >= 15 is 0 Å². The third-order valence-corrected chi connectivity index (χ3v) is 6.00. The van der Waals surface area contributed by atoms with Crippen molar-refractivity contribution < 1.29 is 14.3 Å². The molecule has 1 aromatic carbocycles. The fourth-order valence-electron chi connectivity index (χ4n) is 4.09. The highest BCUT2D eigenvalue weighted by atomic mass is 16.5. The number of hydrogen-bond acceptors (Lipinski definition) is 5. The molecule has 5 rings (SSSR count). The van der Waals surface area contributed by atoms with Gasteiger partial charge < -0.3 is 20.3 Å². The fourth-order valence-corrected chi connectivity index (χ4v) is 4.09. The largest absolute Gasteiger partial charge is 0.454 e. The molecule has 9 heteroatoms. The van der Waals surface area contributed by atoms with Gasteiger partial charge in [-0.1, -0.05) is 0 Å². The van der Waals surface area contributed by atoms with Gasteiger partial charge in [-0.15, -0.1) is 0 Å². The lowest BCUT2D eigenvalue weighted by Gasteiger charge is -2.14. The fraction of sp³-hybridized carbons (Fsp3) is 0.333. The number of urea groups is 1. The number of carbonyl (C=O) groups excluding carboxylic acids is 2. The number of ether oxygens (including phenoxy) is 1. The Morgan fingerprint density at radius 2 is 1.97 bits per heavy atom. The van der Waals surface area contributed by atoms with E-state index in [-0.39, 0.29) is 23.5 Å². The molecule has 0 bridgehead atoms. The Bertz CT molecular complexity index is 1280. The van der Waals surface area contributed by atoms with Crippen LogP contribution in [0, 0.1) is 18.3 Å². The van der Waals surface area contributed by atoms with Gasteiger partial charge in [-0.25, -0.2) is 9.31 Å². The molecule has 1 aliphatic heterocycles. The van der Waals surface area contributed by atoms with Gasteiger partial charge in [-0.2, -0.15) is 10.4 Å². The smallest absolute Gasteiger partial charge is 0.319 e. The minimum absolute atomic E-state index is 0.000865. The zero-order valence-corrected chi connectivity index (χ0v) is 18.3. The first-order valence-electron chi connectivity index (χ1n) is 11.1. The summed E-state index contributed by atoms with van der Waals surface area (Å²) in [5, 5.41) is 19.6. The van der Waals surface area contributed by atoms with Gasteiger partial charge in [0.25, 0.3) is 5.91 Å². The molecular formula is C24H24N6O3. The van der Waals surface area contributed by atoms with Crippen LogP contribution < -0.4 is 15.4 Å². The van der Waals surface area contributed by atoms with Crippen LogP contribution in [0.25, 0.3) is 5.52 Å². The summed E-state index contributed by atoms with van der Waals surface area (Å²) in [6, 6.07) is 8.71. The average molecular weight is 444 g/mol. The molecule has 3 amide bonds. The van der Waals surface area contributed by atoms with E-state index in [1.807, 2.05) is 11.8 Å². The monoisotopic (exact) mass is 444 g/mol. The van der Waals surface area contributed by atoms with Crippen molar-refractivity contribution in [3.05, 3.63) is 53.3 Å². The molecule has 1 saturated carbocycles. The van der Waals surface area contributed by atoms with E-state index in [1.54, 1.807) is 41.2 Å². The van der Waals surface area contributed by atoms with Crippen LogP contribution in [0.4, 0.5) is 10.5 Å². The Kier molecular flexibility index (Phi) is 5.34. The van der Waals surface area contributed by atoms with Gasteiger partial charge in [0.2, 0.25) is 0 Å². The molecule has 0 atom stereocenters. The van der Waals surface area contributed by atoms with Crippen molar-refractivity contribution >= 4 is 23.1 Å². The lowest BCUT2D eigenvalue weighted by atomic mass is 10.1. The summed E-state index contributed by atoms with van der Waals surface area (Å²) in [6.07, 6.45) is 7.36. The maximum atomic E-state index is 13.0. The minimum atomic E-state index is -0.287. The Labute approximate surface area is 190 Å². The first-order valence-corrected chi connectivity index (χ1v) is 11.1. The van der Waals surface area contributed by atoms with E-state index in [1.165, 1.54) is 0 Å². The number of hydrogen-bond donors (Lipinski definition) is 2. The first-order chi connectivity index (χ1) is 16.0. The molecule has 2 N–H and O–H groups in total. The molecule has 2 fully saturated rings. The van der Waals surface area contributed by atoms with Crippen LogP contribution in [-0.2, 0) is 0 Å². The van der Waals surface area contributed by atoms with Gasteiger partial charge in [-0.05, 0) is 56.4 Å². The van der Waals surface area contributed by atoms with E-state index < -0.39 is 0 Å². The van der Waals surface area contributed by atoms with Crippen LogP contribution in [-0.4, -0.2) is 45.6 Å². The Balaban J connectivity index is 1.42. The second-order valence-corrected chi connectivity index (χ2v) is 8.45. The van der Waals surface area contributed by atoms with E-state index in [0.717, 1.165) is 44.3 Å². The number of aryl methyl sites for hydroxylation is 1. The zero-order chi connectivity index (χ0) is 22.9. The first kappa shape index (κ1) is 20.8. The molecule has 3 aromatic rings. The van der Waals surface area contributed by atoms with Crippen LogP contribution in [0.2, 0.25) is 0 Å². The standard InChI is InChI=1S/C24H24N6O3/c1-15-19(23(31)29-10-2-3-11-29)14-30-22(15)21(8-9-26-30)33-20-7-6-18(12-16(20)13-25)28-24(32)27-17-4-5-17/h6-9,12,14,17H,2-5,10-11H2,1H3,(H2,27,28,32). The van der Waals surface area contributed by atoms with Crippen LogP contribution in [0.15, 0.2) is 36.7 Å². The molecule has 1 saturated heterocycles. The summed E-state index contributed by atoms with van der Waals surface area (Å²) in [5.41, 5.74) is 2.85. The summed E-state index contributed by atoms with van der Waals surface area (Å²) in [4.78, 5) is 26.8. The maximum absolute atomic E-state index is 13.0. The van der Waals surface area contributed by atoms with Crippen molar-refractivity contribution in [2.24, 2.45) is 0 Å².